The van der Waals surface area contributed by atoms with Crippen molar-refractivity contribution in [2.75, 3.05) is 6.61 Å². The fourth-order valence-electron chi connectivity index (χ4n) is 2.38. The van der Waals surface area contributed by atoms with Gasteiger partial charge in [-0.15, -0.1) is 0 Å². The van der Waals surface area contributed by atoms with Gasteiger partial charge < -0.3 is 19.3 Å². The van der Waals surface area contributed by atoms with Crippen molar-refractivity contribution in [2.45, 2.75) is 57.5 Å². The highest BCUT2D eigenvalue weighted by molar-refractivity contribution is 5.87. The number of carboxylic acid groups (broad SMARTS) is 1. The van der Waals surface area contributed by atoms with E-state index in [-0.39, 0.29) is 13.0 Å². The van der Waals surface area contributed by atoms with Gasteiger partial charge in [0, 0.05) is 6.42 Å². The van der Waals surface area contributed by atoms with Gasteiger partial charge in [-0.05, 0) is 26.7 Å². The Labute approximate surface area is 112 Å². The Morgan fingerprint density at radius 2 is 2.16 bits per heavy atom. The van der Waals surface area contributed by atoms with Gasteiger partial charge in [0.15, 0.2) is 11.9 Å². The Bertz CT molecular complexity index is 391. The van der Waals surface area contributed by atoms with E-state index in [0.717, 1.165) is 0 Å². The second-order valence-electron chi connectivity index (χ2n) is 5.70. The van der Waals surface area contributed by atoms with Gasteiger partial charge in [0.25, 0.3) is 0 Å². The number of aliphatic carboxylic acids is 1. The zero-order chi connectivity index (χ0) is 14.3. The molecule has 6 nitrogen and oxygen atoms in total. The normalized spacial score (nSPS) is 34.1. The molecule has 0 aliphatic carbocycles. The maximum atomic E-state index is 12.2. The van der Waals surface area contributed by atoms with Gasteiger partial charge in [-0.2, -0.15) is 0 Å². The highest BCUT2D eigenvalue weighted by Crippen LogP contribution is 2.42. The van der Waals surface area contributed by atoms with Gasteiger partial charge in [0.2, 0.25) is 0 Å². The van der Waals surface area contributed by atoms with Crippen LogP contribution in [0.5, 0.6) is 0 Å². The molecule has 2 aliphatic heterocycles. The number of ether oxygens (including phenoxy) is 3. The van der Waals surface area contributed by atoms with Crippen LogP contribution in [0.2, 0.25) is 0 Å². The molecule has 0 radical (unpaired) electrons. The Hall–Kier alpha value is -1.14. The lowest BCUT2D eigenvalue weighted by atomic mass is 9.85. The van der Waals surface area contributed by atoms with Crippen LogP contribution in [-0.4, -0.2) is 41.1 Å². The molecule has 0 aromatic rings. The first-order valence-electron chi connectivity index (χ1n) is 6.56. The molecule has 108 valence electrons. The lowest BCUT2D eigenvalue weighted by Gasteiger charge is -2.37. The van der Waals surface area contributed by atoms with Gasteiger partial charge in [-0.1, -0.05) is 6.92 Å². The molecule has 0 saturated carbocycles. The molecule has 3 atom stereocenters. The largest absolute Gasteiger partial charge is 0.479 e. The van der Waals surface area contributed by atoms with E-state index in [1.54, 1.807) is 13.8 Å². The Morgan fingerprint density at radius 3 is 2.74 bits per heavy atom. The van der Waals surface area contributed by atoms with Gasteiger partial charge in [-0.3, -0.25) is 4.79 Å². The molecular weight excluding hydrogens is 252 g/mol. The summed E-state index contributed by atoms with van der Waals surface area (Å²) >= 11 is 0. The van der Waals surface area contributed by atoms with Crippen molar-refractivity contribution in [3.05, 3.63) is 0 Å². The van der Waals surface area contributed by atoms with Crippen LogP contribution in [0, 0.1) is 5.92 Å². The molecule has 0 aromatic carbocycles. The molecule has 1 N–H and O–H groups in total. The van der Waals surface area contributed by atoms with Crippen molar-refractivity contribution in [1.82, 2.24) is 0 Å². The Balaban J connectivity index is 2.18. The Kier molecular flexibility index (Phi) is 3.57. The molecule has 2 heterocycles. The third-order valence-electron chi connectivity index (χ3n) is 3.98. The summed E-state index contributed by atoms with van der Waals surface area (Å²) < 4.78 is 16.1. The monoisotopic (exact) mass is 272 g/mol. The standard InChI is InChI=1S/C13H20O6/c1-4-12(2,3)19-10(14)8-7-17-9-5-6-13(8,18-9)11(15)16/h8-9H,4-7H2,1-3H3,(H,15,16). The van der Waals surface area contributed by atoms with Gasteiger partial charge in [-0.25, -0.2) is 4.79 Å². The predicted molar refractivity (Wildman–Crippen MR) is 64.4 cm³/mol. The van der Waals surface area contributed by atoms with E-state index in [9.17, 15) is 14.7 Å². The molecule has 2 rings (SSSR count). The summed E-state index contributed by atoms with van der Waals surface area (Å²) in [6, 6.07) is 0. The molecule has 0 aromatic heterocycles. The summed E-state index contributed by atoms with van der Waals surface area (Å²) in [5, 5.41) is 9.40. The SMILES string of the molecule is CCC(C)(C)OC(=O)C1COC2CCC1(C(=O)O)O2. The number of carbonyl (C=O) groups is 2. The molecule has 0 amide bonds. The zero-order valence-electron chi connectivity index (χ0n) is 11.5. The molecule has 19 heavy (non-hydrogen) atoms. The summed E-state index contributed by atoms with van der Waals surface area (Å²) in [5.74, 6) is -2.58. The maximum Gasteiger partial charge on any atom is 0.337 e. The van der Waals surface area contributed by atoms with E-state index in [1.807, 2.05) is 6.92 Å². The molecule has 2 fully saturated rings. The lowest BCUT2D eigenvalue weighted by Crippen LogP contribution is -2.55. The van der Waals surface area contributed by atoms with E-state index in [0.29, 0.717) is 12.8 Å². The third kappa shape index (κ3) is 2.47. The van der Waals surface area contributed by atoms with Crippen LogP contribution >= 0.6 is 0 Å². The number of esters is 1. The second kappa shape index (κ2) is 4.76. The summed E-state index contributed by atoms with van der Waals surface area (Å²) in [4.78, 5) is 23.7. The van der Waals surface area contributed by atoms with Crippen LogP contribution in [-0.2, 0) is 23.8 Å². The first-order valence-corrected chi connectivity index (χ1v) is 6.56. The molecule has 2 saturated heterocycles. The van der Waals surface area contributed by atoms with Crippen LogP contribution < -0.4 is 0 Å². The van der Waals surface area contributed by atoms with E-state index >= 15 is 0 Å². The number of fused-ring (bicyclic) bond motifs is 2. The van der Waals surface area contributed by atoms with Gasteiger partial charge in [0.1, 0.15) is 11.5 Å². The summed E-state index contributed by atoms with van der Waals surface area (Å²) in [6.07, 6.45) is 0.905. The third-order valence-corrected chi connectivity index (χ3v) is 3.98. The van der Waals surface area contributed by atoms with Crippen LogP contribution in [0.1, 0.15) is 40.0 Å². The first kappa shape index (κ1) is 14.3. The highest BCUT2D eigenvalue weighted by atomic mass is 16.7. The fraction of sp³-hybridized carbons (Fsp3) is 0.846. The van der Waals surface area contributed by atoms with Crippen LogP contribution in [0.15, 0.2) is 0 Å². The smallest absolute Gasteiger partial charge is 0.337 e. The molecule has 2 bridgehead atoms. The van der Waals surface area contributed by atoms with Crippen molar-refractivity contribution in [2.24, 2.45) is 5.92 Å². The van der Waals surface area contributed by atoms with E-state index in [4.69, 9.17) is 14.2 Å². The fourth-order valence-corrected chi connectivity index (χ4v) is 2.38. The summed E-state index contributed by atoms with van der Waals surface area (Å²) in [5.41, 5.74) is -2.10. The minimum atomic E-state index is -1.48. The van der Waals surface area contributed by atoms with Crippen LogP contribution in [0.4, 0.5) is 0 Å². The minimum Gasteiger partial charge on any atom is -0.479 e. The number of rotatable bonds is 4. The lowest BCUT2D eigenvalue weighted by molar-refractivity contribution is -0.251. The molecular formula is C13H20O6. The minimum absolute atomic E-state index is 0.0373. The molecule has 6 heteroatoms. The summed E-state index contributed by atoms with van der Waals surface area (Å²) in [6.45, 7) is 5.52. The van der Waals surface area contributed by atoms with E-state index in [2.05, 4.69) is 0 Å². The number of carboxylic acids is 1. The predicted octanol–water partition coefficient (Wildman–Crippen LogP) is 1.32. The molecule has 2 aliphatic rings. The quantitative estimate of drug-likeness (QED) is 0.777. The zero-order valence-corrected chi connectivity index (χ0v) is 11.5. The average Bonchev–Trinajstić information content (AvgIpc) is 2.67. The van der Waals surface area contributed by atoms with Crippen molar-refractivity contribution >= 4 is 11.9 Å². The second-order valence-corrected chi connectivity index (χ2v) is 5.70. The van der Waals surface area contributed by atoms with Crippen molar-refractivity contribution < 1.29 is 28.9 Å². The van der Waals surface area contributed by atoms with Crippen LogP contribution in [0.3, 0.4) is 0 Å². The molecule has 3 unspecified atom stereocenters. The van der Waals surface area contributed by atoms with E-state index < -0.39 is 35.3 Å². The number of carbonyl (C=O) groups excluding carboxylic acids is 1. The van der Waals surface area contributed by atoms with Gasteiger partial charge >= 0.3 is 11.9 Å². The Morgan fingerprint density at radius 1 is 1.47 bits per heavy atom. The van der Waals surface area contributed by atoms with E-state index in [1.165, 1.54) is 0 Å². The first-order chi connectivity index (χ1) is 8.81. The van der Waals surface area contributed by atoms with Crippen molar-refractivity contribution in [1.29, 1.82) is 0 Å². The number of hydrogen-bond acceptors (Lipinski definition) is 5. The number of hydrogen-bond donors (Lipinski definition) is 1. The topological polar surface area (TPSA) is 82.1 Å². The molecule has 0 spiro atoms. The summed E-state index contributed by atoms with van der Waals surface area (Å²) in [7, 11) is 0. The van der Waals surface area contributed by atoms with Crippen molar-refractivity contribution in [3.8, 4) is 0 Å². The average molecular weight is 272 g/mol. The highest BCUT2D eigenvalue weighted by Gasteiger charge is 2.60. The van der Waals surface area contributed by atoms with Crippen LogP contribution in [0.25, 0.3) is 0 Å². The van der Waals surface area contributed by atoms with Crippen molar-refractivity contribution in [3.63, 3.8) is 0 Å². The van der Waals surface area contributed by atoms with Gasteiger partial charge in [0.05, 0.1) is 6.61 Å². The maximum absolute atomic E-state index is 12.2.